The van der Waals surface area contributed by atoms with Gasteiger partial charge in [0.1, 0.15) is 11.9 Å². The molecule has 1 aromatic rings. The minimum atomic E-state index is -4.42. The normalized spacial score (nSPS) is 19.8. The molecule has 2 rings (SSSR count). The minimum absolute atomic E-state index is 0.162. The number of alkyl halides is 3. The number of hydrogen-bond acceptors (Lipinski definition) is 4. The number of nitrogens with one attached hydrogen (secondary N) is 2. The van der Waals surface area contributed by atoms with Crippen LogP contribution in [0.1, 0.15) is 5.56 Å². The van der Waals surface area contributed by atoms with Gasteiger partial charge in [0.15, 0.2) is 0 Å². The molecule has 0 aliphatic carbocycles. The molecular formula is C12H15F3N4O. The molecular weight excluding hydrogens is 273 g/mol. The quantitative estimate of drug-likeness (QED) is 0.838. The number of rotatable bonds is 2. The van der Waals surface area contributed by atoms with Crippen molar-refractivity contribution in [2.24, 2.45) is 0 Å². The minimum Gasteiger partial charge on any atom is -0.357 e. The first kappa shape index (κ1) is 14.6. The van der Waals surface area contributed by atoms with Crippen LogP contribution in [0.15, 0.2) is 18.3 Å². The highest BCUT2D eigenvalue weighted by Crippen LogP contribution is 2.31. The molecule has 1 saturated heterocycles. The standard InChI is InChI=1S/C12H15F3N4O/c1-16-11(20)9-7-17-4-5-19(9)10-6-8(2-3-18-10)12(13,14)15/h2-3,6,9,17H,4-5,7H2,1H3,(H,16,20). The van der Waals surface area contributed by atoms with Gasteiger partial charge < -0.3 is 15.5 Å². The van der Waals surface area contributed by atoms with Crippen LogP contribution in [0.25, 0.3) is 0 Å². The molecule has 1 aliphatic heterocycles. The van der Waals surface area contributed by atoms with E-state index >= 15 is 0 Å². The van der Waals surface area contributed by atoms with E-state index in [1.165, 1.54) is 7.05 Å². The lowest BCUT2D eigenvalue weighted by Crippen LogP contribution is -2.58. The van der Waals surface area contributed by atoms with Crippen LogP contribution in [0.5, 0.6) is 0 Å². The topological polar surface area (TPSA) is 57.3 Å². The van der Waals surface area contributed by atoms with Gasteiger partial charge in [-0.1, -0.05) is 0 Å². The summed E-state index contributed by atoms with van der Waals surface area (Å²) >= 11 is 0. The van der Waals surface area contributed by atoms with Crippen LogP contribution >= 0.6 is 0 Å². The van der Waals surface area contributed by atoms with Gasteiger partial charge in [0.2, 0.25) is 5.91 Å². The molecule has 0 aromatic carbocycles. The van der Waals surface area contributed by atoms with Crippen molar-refractivity contribution in [2.75, 3.05) is 31.6 Å². The summed E-state index contributed by atoms with van der Waals surface area (Å²) in [5.74, 6) is -0.0914. The predicted molar refractivity (Wildman–Crippen MR) is 67.3 cm³/mol. The number of piperazine rings is 1. The first-order chi connectivity index (χ1) is 9.43. The predicted octanol–water partition coefficient (Wildman–Crippen LogP) is 0.625. The van der Waals surface area contributed by atoms with Crippen molar-refractivity contribution in [1.82, 2.24) is 15.6 Å². The van der Waals surface area contributed by atoms with Crippen molar-refractivity contribution in [3.8, 4) is 0 Å². The molecule has 1 aliphatic rings. The SMILES string of the molecule is CNC(=O)C1CNCCN1c1cc(C(F)(F)F)ccn1. The summed E-state index contributed by atoms with van der Waals surface area (Å²) in [7, 11) is 1.49. The van der Waals surface area contributed by atoms with Crippen LogP contribution in [-0.2, 0) is 11.0 Å². The molecule has 20 heavy (non-hydrogen) atoms. The van der Waals surface area contributed by atoms with Crippen LogP contribution in [0.3, 0.4) is 0 Å². The van der Waals surface area contributed by atoms with Crippen molar-refractivity contribution < 1.29 is 18.0 Å². The fourth-order valence-electron chi connectivity index (χ4n) is 2.13. The molecule has 0 radical (unpaired) electrons. The summed E-state index contributed by atoms with van der Waals surface area (Å²) in [6, 6.07) is 1.33. The summed E-state index contributed by atoms with van der Waals surface area (Å²) in [6.07, 6.45) is -3.31. The maximum Gasteiger partial charge on any atom is 0.416 e. The molecule has 110 valence electrons. The van der Waals surface area contributed by atoms with E-state index in [-0.39, 0.29) is 11.7 Å². The van der Waals surface area contributed by atoms with Gasteiger partial charge in [-0.25, -0.2) is 4.98 Å². The Morgan fingerprint density at radius 1 is 1.55 bits per heavy atom. The summed E-state index contributed by atoms with van der Waals surface area (Å²) in [5.41, 5.74) is -0.767. The van der Waals surface area contributed by atoms with Gasteiger partial charge in [-0.05, 0) is 12.1 Å². The van der Waals surface area contributed by atoms with E-state index in [4.69, 9.17) is 0 Å². The second-order valence-electron chi connectivity index (χ2n) is 4.43. The van der Waals surface area contributed by atoms with E-state index in [0.29, 0.717) is 19.6 Å². The highest BCUT2D eigenvalue weighted by Gasteiger charge is 2.33. The van der Waals surface area contributed by atoms with Gasteiger partial charge in [-0.2, -0.15) is 13.2 Å². The van der Waals surface area contributed by atoms with E-state index in [2.05, 4.69) is 15.6 Å². The van der Waals surface area contributed by atoms with Crippen molar-refractivity contribution in [2.45, 2.75) is 12.2 Å². The average molecular weight is 288 g/mol. The van der Waals surface area contributed by atoms with Gasteiger partial charge in [-0.3, -0.25) is 4.79 Å². The van der Waals surface area contributed by atoms with Gasteiger partial charge in [0, 0.05) is 32.9 Å². The number of hydrogen-bond donors (Lipinski definition) is 2. The number of likely N-dealkylation sites (N-methyl/N-ethyl adjacent to an activating group) is 1. The molecule has 1 amide bonds. The smallest absolute Gasteiger partial charge is 0.357 e. The van der Waals surface area contributed by atoms with Gasteiger partial charge >= 0.3 is 6.18 Å². The van der Waals surface area contributed by atoms with Crippen LogP contribution in [0, 0.1) is 0 Å². The zero-order valence-corrected chi connectivity index (χ0v) is 10.9. The number of aromatic nitrogens is 1. The molecule has 1 atom stereocenters. The number of nitrogens with zero attached hydrogens (tertiary/aromatic N) is 2. The fourth-order valence-corrected chi connectivity index (χ4v) is 2.13. The Kier molecular flexibility index (Phi) is 4.12. The summed E-state index contributed by atoms with van der Waals surface area (Å²) in [5, 5.41) is 5.55. The molecule has 0 saturated carbocycles. The van der Waals surface area contributed by atoms with Crippen molar-refractivity contribution in [1.29, 1.82) is 0 Å². The molecule has 2 heterocycles. The molecule has 1 fully saturated rings. The summed E-state index contributed by atoms with van der Waals surface area (Å²) in [6.45, 7) is 1.38. The zero-order chi connectivity index (χ0) is 14.8. The molecule has 5 nitrogen and oxygen atoms in total. The summed E-state index contributed by atoms with van der Waals surface area (Å²) < 4.78 is 38.2. The molecule has 1 unspecified atom stereocenters. The average Bonchev–Trinajstić information content (AvgIpc) is 2.45. The first-order valence-electron chi connectivity index (χ1n) is 6.15. The second kappa shape index (κ2) is 5.66. The number of anilines is 1. The number of pyridine rings is 1. The van der Waals surface area contributed by atoms with Crippen LogP contribution in [0.2, 0.25) is 0 Å². The molecule has 0 spiro atoms. The lowest BCUT2D eigenvalue weighted by atomic mass is 10.1. The number of carbonyl (C=O) groups is 1. The highest BCUT2D eigenvalue weighted by molar-refractivity contribution is 5.85. The number of halogens is 3. The van der Waals surface area contributed by atoms with E-state index in [9.17, 15) is 18.0 Å². The van der Waals surface area contributed by atoms with Gasteiger partial charge in [0.25, 0.3) is 0 Å². The van der Waals surface area contributed by atoms with Crippen LogP contribution in [-0.4, -0.2) is 43.6 Å². The van der Waals surface area contributed by atoms with E-state index in [1.807, 2.05) is 0 Å². The van der Waals surface area contributed by atoms with Crippen molar-refractivity contribution >= 4 is 11.7 Å². The maximum absolute atomic E-state index is 12.7. The summed E-state index contributed by atoms with van der Waals surface area (Å²) in [4.78, 5) is 17.3. The van der Waals surface area contributed by atoms with Crippen molar-refractivity contribution in [3.05, 3.63) is 23.9 Å². The zero-order valence-electron chi connectivity index (χ0n) is 10.9. The van der Waals surface area contributed by atoms with E-state index < -0.39 is 17.8 Å². The lowest BCUT2D eigenvalue weighted by molar-refractivity contribution is -0.137. The van der Waals surface area contributed by atoms with E-state index in [1.54, 1.807) is 4.90 Å². The monoisotopic (exact) mass is 288 g/mol. The first-order valence-corrected chi connectivity index (χ1v) is 6.15. The van der Waals surface area contributed by atoms with Crippen LogP contribution in [0.4, 0.5) is 19.0 Å². The fraction of sp³-hybridized carbons (Fsp3) is 0.500. The Morgan fingerprint density at radius 3 is 2.95 bits per heavy atom. The third-order valence-electron chi connectivity index (χ3n) is 3.16. The second-order valence-corrected chi connectivity index (χ2v) is 4.43. The Bertz CT molecular complexity index is 492. The third-order valence-corrected chi connectivity index (χ3v) is 3.16. The number of amides is 1. The lowest BCUT2D eigenvalue weighted by Gasteiger charge is -2.35. The Hall–Kier alpha value is -1.83. The largest absolute Gasteiger partial charge is 0.416 e. The molecule has 0 bridgehead atoms. The maximum atomic E-state index is 12.7. The van der Waals surface area contributed by atoms with E-state index in [0.717, 1.165) is 18.3 Å². The Labute approximate surface area is 114 Å². The van der Waals surface area contributed by atoms with Gasteiger partial charge in [-0.15, -0.1) is 0 Å². The van der Waals surface area contributed by atoms with Crippen molar-refractivity contribution in [3.63, 3.8) is 0 Å². The molecule has 2 N–H and O–H groups in total. The van der Waals surface area contributed by atoms with Crippen LogP contribution < -0.4 is 15.5 Å². The third kappa shape index (κ3) is 3.01. The molecule has 1 aromatic heterocycles. The van der Waals surface area contributed by atoms with Gasteiger partial charge in [0.05, 0.1) is 5.56 Å². The Balaban J connectivity index is 2.30. The Morgan fingerprint density at radius 2 is 2.30 bits per heavy atom. The number of carbonyl (C=O) groups excluding carboxylic acids is 1. The highest BCUT2D eigenvalue weighted by atomic mass is 19.4. The molecule has 8 heteroatoms.